The lowest BCUT2D eigenvalue weighted by Crippen LogP contribution is -2.31. The lowest BCUT2D eigenvalue weighted by Gasteiger charge is -2.22. The molecule has 3 aromatic heterocycles. The molecule has 0 fully saturated rings. The summed E-state index contributed by atoms with van der Waals surface area (Å²) in [7, 11) is 1.81. The topological polar surface area (TPSA) is 62.1 Å². The number of anilines is 1. The van der Waals surface area contributed by atoms with Crippen molar-refractivity contribution in [2.45, 2.75) is 13.0 Å². The zero-order chi connectivity index (χ0) is 20.4. The fourth-order valence-electron chi connectivity index (χ4n) is 3.38. The fourth-order valence-corrected chi connectivity index (χ4v) is 4.42. The molecule has 1 aromatic carbocycles. The second-order valence-electron chi connectivity index (χ2n) is 6.85. The van der Waals surface area contributed by atoms with Gasteiger partial charge in [0.25, 0.3) is 0 Å². The summed E-state index contributed by atoms with van der Waals surface area (Å²) >= 11 is 1.60. The summed E-state index contributed by atoms with van der Waals surface area (Å²) in [6.07, 6.45) is 0.622. The van der Waals surface area contributed by atoms with Crippen LogP contribution < -0.4 is 4.90 Å². The number of hydrogen-bond donors (Lipinski definition) is 1. The van der Waals surface area contributed by atoms with E-state index in [2.05, 4.69) is 24.0 Å². The minimum Gasteiger partial charge on any atom is -0.389 e. The predicted molar refractivity (Wildman–Crippen MR) is 116 cm³/mol. The van der Waals surface area contributed by atoms with Crippen LogP contribution in [0.2, 0.25) is 0 Å². The monoisotopic (exact) mass is 408 g/mol. The molecular weight excluding hydrogens is 387 g/mol. The van der Waals surface area contributed by atoms with E-state index in [4.69, 9.17) is 9.97 Å². The maximum Gasteiger partial charge on any atom is 0.181 e. The van der Waals surface area contributed by atoms with Gasteiger partial charge in [0.1, 0.15) is 23.0 Å². The van der Waals surface area contributed by atoms with E-state index in [0.717, 1.165) is 26.2 Å². The van der Waals surface area contributed by atoms with Crippen LogP contribution in [0.15, 0.2) is 54.7 Å². The summed E-state index contributed by atoms with van der Waals surface area (Å²) in [5.74, 6) is 1.17. The SMILES string of the molecule is Cc1sc2nc(-c3ccccn3)nc(N(C)CC(O)CF)c2c1-c1ccccc1. The normalized spacial score (nSPS) is 12.3. The number of aromatic nitrogens is 3. The van der Waals surface area contributed by atoms with Gasteiger partial charge in [0, 0.05) is 30.2 Å². The molecular formula is C22H21FN4OS. The molecule has 0 aliphatic heterocycles. The van der Waals surface area contributed by atoms with Gasteiger partial charge in [-0.1, -0.05) is 36.4 Å². The molecule has 29 heavy (non-hydrogen) atoms. The zero-order valence-electron chi connectivity index (χ0n) is 16.2. The summed E-state index contributed by atoms with van der Waals surface area (Å²) in [5, 5.41) is 10.8. The van der Waals surface area contributed by atoms with Crippen molar-refractivity contribution in [3.05, 3.63) is 59.6 Å². The van der Waals surface area contributed by atoms with Gasteiger partial charge in [-0.25, -0.2) is 14.4 Å². The first kappa shape index (κ1) is 19.4. The summed E-state index contributed by atoms with van der Waals surface area (Å²) in [6.45, 7) is 1.39. The second kappa shape index (κ2) is 8.23. The quantitative estimate of drug-likeness (QED) is 0.509. The first-order chi connectivity index (χ1) is 14.1. The molecule has 0 aliphatic carbocycles. The number of alkyl halides is 1. The number of pyridine rings is 1. The van der Waals surface area contributed by atoms with E-state index >= 15 is 0 Å². The number of hydrogen-bond acceptors (Lipinski definition) is 6. The van der Waals surface area contributed by atoms with Crippen LogP contribution in [0.25, 0.3) is 32.9 Å². The van der Waals surface area contributed by atoms with Gasteiger partial charge >= 0.3 is 0 Å². The maximum absolute atomic E-state index is 13.0. The highest BCUT2D eigenvalue weighted by atomic mass is 32.1. The molecule has 0 radical (unpaired) electrons. The minimum absolute atomic E-state index is 0.132. The Labute approximate surface area is 172 Å². The molecule has 0 bridgehead atoms. The molecule has 0 aliphatic rings. The fraction of sp³-hybridized carbons (Fsp3) is 0.227. The van der Waals surface area contributed by atoms with Crippen molar-refractivity contribution < 1.29 is 9.50 Å². The van der Waals surface area contributed by atoms with Crippen molar-refractivity contribution in [1.82, 2.24) is 15.0 Å². The summed E-state index contributed by atoms with van der Waals surface area (Å²) in [4.78, 5) is 17.7. The van der Waals surface area contributed by atoms with E-state index in [-0.39, 0.29) is 6.54 Å². The molecule has 1 unspecified atom stereocenters. The molecule has 0 saturated heterocycles. The molecule has 7 heteroatoms. The largest absolute Gasteiger partial charge is 0.389 e. The van der Waals surface area contributed by atoms with Gasteiger partial charge in [-0.05, 0) is 24.6 Å². The van der Waals surface area contributed by atoms with E-state index in [9.17, 15) is 9.50 Å². The Bertz CT molecular complexity index is 1120. The lowest BCUT2D eigenvalue weighted by molar-refractivity contribution is 0.146. The molecule has 0 spiro atoms. The third kappa shape index (κ3) is 3.83. The molecule has 148 valence electrons. The molecule has 1 N–H and O–H groups in total. The van der Waals surface area contributed by atoms with Crippen molar-refractivity contribution >= 4 is 27.4 Å². The number of nitrogens with zero attached hydrogens (tertiary/aromatic N) is 4. The van der Waals surface area contributed by atoms with Crippen LogP contribution in [0, 0.1) is 6.92 Å². The van der Waals surface area contributed by atoms with Gasteiger partial charge in [-0.3, -0.25) is 4.98 Å². The van der Waals surface area contributed by atoms with Gasteiger partial charge < -0.3 is 10.0 Å². The smallest absolute Gasteiger partial charge is 0.181 e. The van der Waals surface area contributed by atoms with Crippen LogP contribution in [-0.2, 0) is 0 Å². The number of aliphatic hydroxyl groups is 1. The maximum atomic E-state index is 13.0. The summed E-state index contributed by atoms with van der Waals surface area (Å²) in [5.41, 5.74) is 2.81. The van der Waals surface area contributed by atoms with Gasteiger partial charge in [-0.15, -0.1) is 11.3 Å². The second-order valence-corrected chi connectivity index (χ2v) is 8.06. The number of rotatable bonds is 6. The van der Waals surface area contributed by atoms with Crippen molar-refractivity contribution in [1.29, 1.82) is 0 Å². The van der Waals surface area contributed by atoms with E-state index < -0.39 is 12.8 Å². The molecule has 0 amide bonds. The Morgan fingerprint density at radius 1 is 1.10 bits per heavy atom. The van der Waals surface area contributed by atoms with Crippen LogP contribution in [0.1, 0.15) is 4.88 Å². The van der Waals surface area contributed by atoms with E-state index in [1.165, 1.54) is 0 Å². The van der Waals surface area contributed by atoms with Gasteiger partial charge in [-0.2, -0.15) is 0 Å². The highest BCUT2D eigenvalue weighted by Gasteiger charge is 2.22. The van der Waals surface area contributed by atoms with E-state index in [0.29, 0.717) is 17.3 Å². The van der Waals surface area contributed by atoms with Crippen LogP contribution in [0.4, 0.5) is 10.2 Å². The first-order valence-electron chi connectivity index (χ1n) is 9.31. The lowest BCUT2D eigenvalue weighted by atomic mass is 10.0. The van der Waals surface area contributed by atoms with Crippen LogP contribution in [0.5, 0.6) is 0 Å². The Kier molecular flexibility index (Phi) is 5.51. The molecule has 5 nitrogen and oxygen atoms in total. The van der Waals surface area contributed by atoms with Gasteiger partial charge in [0.05, 0.1) is 11.5 Å². The highest BCUT2D eigenvalue weighted by Crippen LogP contribution is 2.42. The first-order valence-corrected chi connectivity index (χ1v) is 10.1. The number of likely N-dealkylation sites (N-methyl/N-ethyl adjacent to an activating group) is 1. The Hall–Kier alpha value is -2.90. The number of benzene rings is 1. The Morgan fingerprint density at radius 3 is 2.55 bits per heavy atom. The Morgan fingerprint density at radius 2 is 1.86 bits per heavy atom. The molecule has 1 atom stereocenters. The zero-order valence-corrected chi connectivity index (χ0v) is 17.0. The third-order valence-electron chi connectivity index (χ3n) is 4.69. The van der Waals surface area contributed by atoms with Crippen LogP contribution >= 0.6 is 11.3 Å². The van der Waals surface area contributed by atoms with E-state index in [1.54, 1.807) is 22.4 Å². The number of halogens is 1. The highest BCUT2D eigenvalue weighted by molar-refractivity contribution is 7.19. The third-order valence-corrected chi connectivity index (χ3v) is 5.69. The number of fused-ring (bicyclic) bond motifs is 1. The summed E-state index contributed by atoms with van der Waals surface area (Å²) in [6, 6.07) is 15.7. The van der Waals surface area contributed by atoms with Crippen LogP contribution in [-0.4, -0.2) is 46.4 Å². The Balaban J connectivity index is 1.96. The van der Waals surface area contributed by atoms with Crippen molar-refractivity contribution in [2.75, 3.05) is 25.2 Å². The average Bonchev–Trinajstić information content (AvgIpc) is 3.09. The van der Waals surface area contributed by atoms with Crippen molar-refractivity contribution in [3.8, 4) is 22.6 Å². The van der Waals surface area contributed by atoms with Crippen LogP contribution in [0.3, 0.4) is 0 Å². The number of aryl methyl sites for hydroxylation is 1. The predicted octanol–water partition coefficient (Wildman–Crippen LogP) is 4.50. The van der Waals surface area contributed by atoms with E-state index in [1.807, 2.05) is 43.4 Å². The average molecular weight is 409 g/mol. The minimum atomic E-state index is -1.08. The van der Waals surface area contributed by atoms with Gasteiger partial charge in [0.15, 0.2) is 5.82 Å². The molecule has 3 heterocycles. The van der Waals surface area contributed by atoms with Crippen molar-refractivity contribution in [3.63, 3.8) is 0 Å². The van der Waals surface area contributed by atoms with Gasteiger partial charge in [0.2, 0.25) is 0 Å². The molecule has 4 rings (SSSR count). The standard InChI is InChI=1S/C22H21FN4OS/c1-14-18(15-8-4-3-5-9-15)19-21(27(2)13-16(28)12-23)25-20(26-22(19)29-14)17-10-6-7-11-24-17/h3-11,16,28H,12-13H2,1-2H3. The molecule has 4 aromatic rings. The van der Waals surface area contributed by atoms with Crippen molar-refractivity contribution in [2.24, 2.45) is 0 Å². The summed E-state index contributed by atoms with van der Waals surface area (Å²) < 4.78 is 13.0. The molecule has 0 saturated carbocycles. The number of thiophene rings is 1. The number of aliphatic hydroxyl groups excluding tert-OH is 1.